The summed E-state index contributed by atoms with van der Waals surface area (Å²) in [4.78, 5) is 34.7. The molecule has 1 aromatic rings. The van der Waals surface area contributed by atoms with Crippen LogP contribution >= 0.6 is 19.6 Å². The van der Waals surface area contributed by atoms with Crippen LogP contribution in [0.4, 0.5) is 5.82 Å². The van der Waals surface area contributed by atoms with E-state index in [4.69, 9.17) is 20.3 Å². The molecule has 2 atom stereocenters. The van der Waals surface area contributed by atoms with Crippen LogP contribution in [0.5, 0.6) is 0 Å². The van der Waals surface area contributed by atoms with Crippen LogP contribution in [0, 0.1) is 0 Å². The Labute approximate surface area is 156 Å². The van der Waals surface area contributed by atoms with E-state index in [1.165, 1.54) is 48.2 Å². The molecule has 1 fully saturated rings. The Morgan fingerprint density at radius 3 is 2.50 bits per heavy atom. The Morgan fingerprint density at radius 2 is 2.04 bits per heavy atom. The van der Waals surface area contributed by atoms with Crippen LogP contribution in [0.15, 0.2) is 17.1 Å². The molecular weight excluding hydrogens is 383 g/mol. The van der Waals surface area contributed by atoms with E-state index < -0.39 is 25.2 Å². The van der Waals surface area contributed by atoms with E-state index in [-0.39, 0.29) is 12.4 Å². The Morgan fingerprint density at radius 1 is 1.42 bits per heavy atom. The van der Waals surface area contributed by atoms with Crippen molar-refractivity contribution in [2.24, 2.45) is 0 Å². The van der Waals surface area contributed by atoms with Gasteiger partial charge in [-0.15, -0.1) is 11.8 Å². The van der Waals surface area contributed by atoms with Gasteiger partial charge < -0.3 is 25.2 Å². The van der Waals surface area contributed by atoms with Gasteiger partial charge in [0.2, 0.25) is 0 Å². The maximum Gasteiger partial charge on any atom is 0.469 e. The molecule has 0 aromatic carbocycles. The third-order valence-corrected chi connectivity index (χ3v) is 5.20. The van der Waals surface area contributed by atoms with Gasteiger partial charge in [-0.2, -0.15) is 4.98 Å². The van der Waals surface area contributed by atoms with Gasteiger partial charge in [-0.3, -0.25) is 9.09 Å². The first kappa shape index (κ1) is 23.1. The zero-order chi connectivity index (χ0) is 19.7. The topological polar surface area (TPSA) is 140 Å². The van der Waals surface area contributed by atoms with Crippen LogP contribution in [0.3, 0.4) is 0 Å². The molecular formula is C14H27N4O6PS. The van der Waals surface area contributed by atoms with Gasteiger partial charge in [-0.25, -0.2) is 9.36 Å². The number of phosphoric ester groups is 1. The number of hydrogen-bond donors (Lipinski definition) is 3. The zero-order valence-corrected chi connectivity index (χ0v) is 16.9. The van der Waals surface area contributed by atoms with E-state index in [2.05, 4.69) is 35.2 Å². The van der Waals surface area contributed by atoms with Gasteiger partial charge in [0.05, 0.1) is 6.61 Å². The van der Waals surface area contributed by atoms with Gasteiger partial charge in [0.15, 0.2) is 0 Å². The van der Waals surface area contributed by atoms with Crippen LogP contribution in [0.2, 0.25) is 0 Å². The molecule has 1 aliphatic heterocycles. The Hall–Kier alpha value is -0.940. The fraction of sp³-hybridized carbons (Fsp3) is 0.714. The molecule has 0 aliphatic carbocycles. The molecule has 1 saturated heterocycles. The van der Waals surface area contributed by atoms with Gasteiger partial charge in [0.25, 0.3) is 0 Å². The van der Waals surface area contributed by atoms with Crippen LogP contribution in [0.1, 0.15) is 27.0 Å². The van der Waals surface area contributed by atoms with Crippen LogP contribution in [-0.4, -0.2) is 61.7 Å². The van der Waals surface area contributed by atoms with Crippen LogP contribution < -0.4 is 11.4 Å². The summed E-state index contributed by atoms with van der Waals surface area (Å²) < 4.78 is 21.6. The summed E-state index contributed by atoms with van der Waals surface area (Å²) in [5.74, 6) is 0.564. The molecule has 0 spiro atoms. The molecule has 0 unspecified atom stereocenters. The summed E-state index contributed by atoms with van der Waals surface area (Å²) >= 11 is 1.29. The van der Waals surface area contributed by atoms with E-state index in [0.29, 0.717) is 5.75 Å². The Kier molecular flexibility index (Phi) is 9.80. The second-order valence-electron chi connectivity index (χ2n) is 5.30. The van der Waals surface area contributed by atoms with Crippen molar-refractivity contribution in [3.8, 4) is 0 Å². The molecule has 2 rings (SSSR count). The first-order chi connectivity index (χ1) is 12.2. The summed E-state index contributed by atoms with van der Waals surface area (Å²) in [7, 11) is -4.52. The average molecular weight is 410 g/mol. The molecule has 12 heteroatoms. The Balaban J connectivity index is 0.000000412. The van der Waals surface area contributed by atoms with Gasteiger partial charge >= 0.3 is 13.5 Å². The number of anilines is 1. The smallest absolute Gasteiger partial charge is 0.383 e. The van der Waals surface area contributed by atoms with Crippen molar-refractivity contribution in [1.82, 2.24) is 14.5 Å². The van der Waals surface area contributed by atoms with Crippen molar-refractivity contribution in [2.45, 2.75) is 32.4 Å². The number of ether oxygens (including phenoxy) is 1. The SMILES string of the molecule is CCN(CC)CC.Nc1ccn([C@@H]2CS[C@H](COP(=O)(O)O)O2)c(=O)n1. The average Bonchev–Trinajstić information content (AvgIpc) is 3.03. The zero-order valence-electron chi connectivity index (χ0n) is 15.1. The molecule has 0 radical (unpaired) electrons. The summed E-state index contributed by atoms with van der Waals surface area (Å²) in [6, 6.07) is 1.47. The quantitative estimate of drug-likeness (QED) is 0.555. The highest BCUT2D eigenvalue weighted by Crippen LogP contribution is 2.39. The van der Waals surface area contributed by atoms with Crippen molar-refractivity contribution < 1.29 is 23.6 Å². The number of rotatable bonds is 7. The molecule has 0 amide bonds. The maximum atomic E-state index is 11.6. The number of nitrogens with two attached hydrogens (primary N) is 1. The molecule has 0 bridgehead atoms. The normalized spacial score (nSPS) is 20.1. The predicted octanol–water partition coefficient (Wildman–Crippen LogP) is 0.871. The number of nitrogen functional groups attached to an aromatic ring is 1. The number of phosphoric acid groups is 1. The highest BCUT2D eigenvalue weighted by Gasteiger charge is 2.30. The van der Waals surface area contributed by atoms with Crippen molar-refractivity contribution in [1.29, 1.82) is 0 Å². The molecule has 10 nitrogen and oxygen atoms in total. The highest BCUT2D eigenvalue weighted by atomic mass is 32.2. The monoisotopic (exact) mass is 410 g/mol. The minimum absolute atomic E-state index is 0.119. The van der Waals surface area contributed by atoms with Crippen molar-refractivity contribution in [3.63, 3.8) is 0 Å². The number of hydrogen-bond acceptors (Lipinski definition) is 8. The van der Waals surface area contributed by atoms with E-state index in [1.54, 1.807) is 0 Å². The summed E-state index contributed by atoms with van der Waals surface area (Å²) in [6.45, 7) is 9.86. The van der Waals surface area contributed by atoms with Gasteiger partial charge in [-0.1, -0.05) is 20.8 Å². The summed E-state index contributed by atoms with van der Waals surface area (Å²) in [5, 5.41) is 0. The first-order valence-electron chi connectivity index (χ1n) is 8.24. The molecule has 1 aliphatic rings. The van der Waals surface area contributed by atoms with Crippen LogP contribution in [0.25, 0.3) is 0 Å². The maximum absolute atomic E-state index is 11.6. The van der Waals surface area contributed by atoms with Crippen molar-refractivity contribution in [3.05, 3.63) is 22.7 Å². The van der Waals surface area contributed by atoms with E-state index in [1.807, 2.05) is 0 Å². The minimum Gasteiger partial charge on any atom is -0.383 e. The predicted molar refractivity (Wildman–Crippen MR) is 101 cm³/mol. The van der Waals surface area contributed by atoms with Crippen molar-refractivity contribution in [2.75, 3.05) is 37.7 Å². The second-order valence-corrected chi connectivity index (χ2v) is 7.73. The lowest BCUT2D eigenvalue weighted by molar-refractivity contribution is -0.00645. The third kappa shape index (κ3) is 8.17. The number of thioether (sulfide) groups is 1. The molecule has 2 heterocycles. The molecule has 0 saturated carbocycles. The van der Waals surface area contributed by atoms with Gasteiger partial charge in [0.1, 0.15) is 17.5 Å². The fourth-order valence-electron chi connectivity index (χ4n) is 2.15. The highest BCUT2D eigenvalue weighted by molar-refractivity contribution is 8.00. The molecule has 1 aromatic heterocycles. The lowest BCUT2D eigenvalue weighted by Crippen LogP contribution is -2.28. The lowest BCUT2D eigenvalue weighted by Gasteiger charge is -2.14. The van der Waals surface area contributed by atoms with Crippen molar-refractivity contribution >= 4 is 25.4 Å². The summed E-state index contributed by atoms with van der Waals surface area (Å²) in [6.07, 6.45) is 0.901. The standard InChI is InChI=1S/C8H12N3O6PS.C6H15N/c9-5-1-2-11(8(12)10-5)6-4-19-7(17-6)3-16-18(13,14)15;1-4-7(5-2)6-3/h1-2,6-7H,3-4H2,(H2,9,10,12)(H2,13,14,15);4-6H2,1-3H3/t6-,7+;/m0./s1. The molecule has 150 valence electrons. The second kappa shape index (κ2) is 11.0. The minimum atomic E-state index is -4.52. The van der Waals surface area contributed by atoms with Gasteiger partial charge in [0, 0.05) is 11.9 Å². The van der Waals surface area contributed by atoms with E-state index >= 15 is 0 Å². The lowest BCUT2D eigenvalue weighted by atomic mass is 10.5. The number of nitrogens with zero attached hydrogens (tertiary/aromatic N) is 3. The van der Waals surface area contributed by atoms with E-state index in [0.717, 1.165) is 0 Å². The van der Waals surface area contributed by atoms with Crippen LogP contribution in [-0.2, 0) is 13.8 Å². The largest absolute Gasteiger partial charge is 0.469 e. The summed E-state index contributed by atoms with van der Waals surface area (Å²) in [5.41, 5.74) is 4.28. The van der Waals surface area contributed by atoms with Gasteiger partial charge in [-0.05, 0) is 25.7 Å². The van der Waals surface area contributed by atoms with E-state index in [9.17, 15) is 9.36 Å². The fourth-order valence-corrected chi connectivity index (χ4v) is 3.57. The number of aromatic nitrogens is 2. The molecule has 4 N–H and O–H groups in total. The molecule has 26 heavy (non-hydrogen) atoms. The Bertz CT molecular complexity index is 645. The third-order valence-electron chi connectivity index (χ3n) is 3.62. The first-order valence-corrected chi connectivity index (χ1v) is 10.8.